The Hall–Kier alpha value is -1.20. The molecule has 0 fully saturated rings. The van der Waals surface area contributed by atoms with Crippen LogP contribution in [-0.4, -0.2) is 20.8 Å². The van der Waals surface area contributed by atoms with Gasteiger partial charge in [0, 0.05) is 11.4 Å². The van der Waals surface area contributed by atoms with Gasteiger partial charge in [-0.3, -0.25) is 9.36 Å². The minimum Gasteiger partial charge on any atom is -0.393 e. The average molecular weight is 252 g/mol. The maximum Gasteiger partial charge on any atom is 0.262 e. The smallest absolute Gasteiger partial charge is 0.262 e. The number of fused-ring (bicyclic) bond motifs is 1. The highest BCUT2D eigenvalue weighted by Crippen LogP contribution is 2.25. The van der Waals surface area contributed by atoms with Gasteiger partial charge in [-0.25, -0.2) is 4.98 Å². The standard InChI is InChI=1S/C12H16N2O2S/c1-7(15)4-5-14-6-13-11-10(12(14)16)8(2)9(3)17-11/h6-7,15H,4-5H2,1-3H3. The molecule has 0 aromatic carbocycles. The second-order valence-corrected chi connectivity index (χ2v) is 5.55. The average Bonchev–Trinajstić information content (AvgIpc) is 2.54. The lowest BCUT2D eigenvalue weighted by Gasteiger charge is -2.06. The van der Waals surface area contributed by atoms with Crippen molar-refractivity contribution in [2.75, 3.05) is 0 Å². The van der Waals surface area contributed by atoms with E-state index in [2.05, 4.69) is 4.98 Å². The first-order valence-electron chi connectivity index (χ1n) is 5.64. The monoisotopic (exact) mass is 252 g/mol. The molecule has 2 heterocycles. The van der Waals surface area contributed by atoms with Crippen molar-refractivity contribution in [2.24, 2.45) is 0 Å². The zero-order chi connectivity index (χ0) is 12.6. The summed E-state index contributed by atoms with van der Waals surface area (Å²) in [6, 6.07) is 0. The van der Waals surface area contributed by atoms with Gasteiger partial charge in [-0.1, -0.05) is 0 Å². The van der Waals surface area contributed by atoms with Crippen LogP contribution < -0.4 is 5.56 Å². The number of aryl methyl sites for hydroxylation is 3. The summed E-state index contributed by atoms with van der Waals surface area (Å²) in [7, 11) is 0. The van der Waals surface area contributed by atoms with Crippen LogP contribution in [0.25, 0.3) is 10.2 Å². The zero-order valence-corrected chi connectivity index (χ0v) is 11.0. The number of hydrogen-bond donors (Lipinski definition) is 1. The number of aromatic nitrogens is 2. The molecule has 0 saturated heterocycles. The summed E-state index contributed by atoms with van der Waals surface area (Å²) in [5.74, 6) is 0. The number of thiophene rings is 1. The summed E-state index contributed by atoms with van der Waals surface area (Å²) in [6.45, 7) is 6.18. The molecule has 1 unspecified atom stereocenters. The van der Waals surface area contributed by atoms with E-state index in [1.165, 1.54) is 0 Å². The van der Waals surface area contributed by atoms with Gasteiger partial charge in [-0.2, -0.15) is 0 Å². The van der Waals surface area contributed by atoms with Gasteiger partial charge >= 0.3 is 0 Å². The lowest BCUT2D eigenvalue weighted by Crippen LogP contribution is -2.22. The van der Waals surface area contributed by atoms with Crippen LogP contribution in [0.3, 0.4) is 0 Å². The number of aliphatic hydroxyl groups is 1. The molecule has 0 aliphatic carbocycles. The summed E-state index contributed by atoms with van der Waals surface area (Å²) in [5, 5.41) is 9.97. The van der Waals surface area contributed by atoms with Crippen LogP contribution in [0.5, 0.6) is 0 Å². The van der Waals surface area contributed by atoms with E-state index >= 15 is 0 Å². The largest absolute Gasteiger partial charge is 0.393 e. The normalized spacial score (nSPS) is 13.2. The molecular formula is C12H16N2O2S. The van der Waals surface area contributed by atoms with E-state index < -0.39 is 6.10 Å². The quantitative estimate of drug-likeness (QED) is 0.907. The molecule has 2 rings (SSSR count). The Kier molecular flexibility index (Phi) is 3.31. The van der Waals surface area contributed by atoms with Crippen molar-refractivity contribution >= 4 is 21.6 Å². The first-order valence-corrected chi connectivity index (χ1v) is 6.45. The van der Waals surface area contributed by atoms with Crippen molar-refractivity contribution < 1.29 is 5.11 Å². The summed E-state index contributed by atoms with van der Waals surface area (Å²) < 4.78 is 1.58. The second kappa shape index (κ2) is 4.58. The van der Waals surface area contributed by atoms with Gasteiger partial charge < -0.3 is 5.11 Å². The van der Waals surface area contributed by atoms with E-state index in [-0.39, 0.29) is 5.56 Å². The predicted molar refractivity (Wildman–Crippen MR) is 69.7 cm³/mol. The molecule has 2 aromatic heterocycles. The van der Waals surface area contributed by atoms with Crippen LogP contribution in [0.2, 0.25) is 0 Å². The minimum absolute atomic E-state index is 0.00231. The Morgan fingerprint density at radius 3 is 2.88 bits per heavy atom. The van der Waals surface area contributed by atoms with E-state index in [4.69, 9.17) is 0 Å². The molecule has 0 aliphatic rings. The van der Waals surface area contributed by atoms with Crippen molar-refractivity contribution in [1.29, 1.82) is 0 Å². The molecule has 4 nitrogen and oxygen atoms in total. The first kappa shape index (κ1) is 12.3. The number of hydrogen-bond acceptors (Lipinski definition) is 4. The van der Waals surface area contributed by atoms with Crippen molar-refractivity contribution in [3.05, 3.63) is 27.1 Å². The molecule has 5 heteroatoms. The van der Waals surface area contributed by atoms with Crippen LogP contribution in [-0.2, 0) is 6.54 Å². The third kappa shape index (κ3) is 2.25. The third-order valence-corrected chi connectivity index (χ3v) is 4.06. The molecule has 1 atom stereocenters. The van der Waals surface area contributed by atoms with Gasteiger partial charge in [-0.05, 0) is 32.8 Å². The molecule has 2 aromatic rings. The van der Waals surface area contributed by atoms with Gasteiger partial charge in [0.05, 0.1) is 17.8 Å². The molecule has 92 valence electrons. The van der Waals surface area contributed by atoms with Crippen molar-refractivity contribution in [2.45, 2.75) is 39.8 Å². The highest BCUT2D eigenvalue weighted by atomic mass is 32.1. The highest BCUT2D eigenvalue weighted by Gasteiger charge is 2.11. The molecule has 0 bridgehead atoms. The zero-order valence-electron chi connectivity index (χ0n) is 10.2. The van der Waals surface area contributed by atoms with Crippen LogP contribution in [0.4, 0.5) is 0 Å². The SMILES string of the molecule is Cc1sc2ncn(CCC(C)O)c(=O)c2c1C. The Bertz CT molecular complexity index is 598. The molecule has 0 amide bonds. The fourth-order valence-electron chi connectivity index (χ4n) is 1.76. The van der Waals surface area contributed by atoms with Gasteiger partial charge in [0.25, 0.3) is 5.56 Å². The topological polar surface area (TPSA) is 55.1 Å². The van der Waals surface area contributed by atoms with E-state index in [0.29, 0.717) is 13.0 Å². The van der Waals surface area contributed by atoms with E-state index in [9.17, 15) is 9.90 Å². The maximum absolute atomic E-state index is 12.2. The van der Waals surface area contributed by atoms with Crippen LogP contribution in [0, 0.1) is 13.8 Å². The molecule has 0 radical (unpaired) electrons. The Morgan fingerprint density at radius 2 is 2.24 bits per heavy atom. The summed E-state index contributed by atoms with van der Waals surface area (Å²) in [4.78, 5) is 18.5. The van der Waals surface area contributed by atoms with Crippen LogP contribution >= 0.6 is 11.3 Å². The maximum atomic E-state index is 12.2. The lowest BCUT2D eigenvalue weighted by atomic mass is 10.2. The van der Waals surface area contributed by atoms with E-state index in [1.54, 1.807) is 29.2 Å². The molecule has 0 spiro atoms. The fourth-order valence-corrected chi connectivity index (χ4v) is 2.74. The lowest BCUT2D eigenvalue weighted by molar-refractivity contribution is 0.177. The Labute approximate surface area is 104 Å². The highest BCUT2D eigenvalue weighted by molar-refractivity contribution is 7.18. The van der Waals surface area contributed by atoms with Gasteiger partial charge in [0.15, 0.2) is 0 Å². The van der Waals surface area contributed by atoms with Gasteiger partial charge in [0.2, 0.25) is 0 Å². The van der Waals surface area contributed by atoms with Crippen LogP contribution in [0.15, 0.2) is 11.1 Å². The molecule has 17 heavy (non-hydrogen) atoms. The summed E-state index contributed by atoms with van der Waals surface area (Å²) in [5.41, 5.74) is 1.02. The van der Waals surface area contributed by atoms with Crippen molar-refractivity contribution in [3.8, 4) is 0 Å². The number of nitrogens with zero attached hydrogens (tertiary/aromatic N) is 2. The predicted octanol–water partition coefficient (Wildman–Crippen LogP) is 1.85. The summed E-state index contributed by atoms with van der Waals surface area (Å²) in [6.07, 6.45) is 1.74. The Balaban J connectivity index is 2.50. The van der Waals surface area contributed by atoms with Crippen LogP contribution in [0.1, 0.15) is 23.8 Å². The Morgan fingerprint density at radius 1 is 1.53 bits per heavy atom. The molecular weight excluding hydrogens is 236 g/mol. The third-order valence-electron chi connectivity index (χ3n) is 2.94. The first-order chi connectivity index (χ1) is 8.00. The van der Waals surface area contributed by atoms with Gasteiger partial charge in [-0.15, -0.1) is 11.3 Å². The molecule has 0 saturated carbocycles. The molecule has 1 N–H and O–H groups in total. The number of aliphatic hydroxyl groups excluding tert-OH is 1. The van der Waals surface area contributed by atoms with Crippen molar-refractivity contribution in [1.82, 2.24) is 9.55 Å². The van der Waals surface area contributed by atoms with Crippen molar-refractivity contribution in [3.63, 3.8) is 0 Å². The minimum atomic E-state index is -0.400. The second-order valence-electron chi connectivity index (χ2n) is 4.34. The van der Waals surface area contributed by atoms with Gasteiger partial charge in [0.1, 0.15) is 4.83 Å². The van der Waals surface area contributed by atoms with E-state index in [0.717, 1.165) is 20.7 Å². The fraction of sp³-hybridized carbons (Fsp3) is 0.500. The summed E-state index contributed by atoms with van der Waals surface area (Å²) >= 11 is 1.55. The number of rotatable bonds is 3. The molecule has 0 aliphatic heterocycles. The van der Waals surface area contributed by atoms with E-state index in [1.807, 2.05) is 13.8 Å².